The Morgan fingerprint density at radius 1 is 0.857 bits per heavy atom. The monoisotopic (exact) mass is 677 g/mol. The number of hydrogen-bond acceptors (Lipinski definition) is 12. The van der Waals surface area contributed by atoms with E-state index in [2.05, 4.69) is 11.6 Å². The van der Waals surface area contributed by atoms with Gasteiger partial charge in [0.05, 0.1) is 17.0 Å². The Morgan fingerprint density at radius 3 is 2.04 bits per heavy atom. The van der Waals surface area contributed by atoms with Crippen molar-refractivity contribution >= 4 is 29.7 Å². The molecule has 0 bridgehead atoms. The molecule has 0 saturated heterocycles. The highest BCUT2D eigenvalue weighted by Crippen LogP contribution is 2.50. The third-order valence-corrected chi connectivity index (χ3v) is 9.02. The van der Waals surface area contributed by atoms with E-state index < -0.39 is 89.0 Å². The fraction of sp³-hybridized carbons (Fsp3) is 0.459. The Labute approximate surface area is 285 Å². The van der Waals surface area contributed by atoms with Crippen molar-refractivity contribution in [3.63, 3.8) is 0 Å². The van der Waals surface area contributed by atoms with Gasteiger partial charge in [0, 0.05) is 50.4 Å². The first-order chi connectivity index (χ1) is 22.9. The molecule has 2 aromatic rings. The number of carbonyl (C=O) groups is 5. The van der Waals surface area contributed by atoms with Crippen LogP contribution in [0.25, 0.3) is 0 Å². The van der Waals surface area contributed by atoms with Crippen LogP contribution in [0.2, 0.25) is 0 Å². The summed E-state index contributed by atoms with van der Waals surface area (Å²) in [5.41, 5.74) is -5.17. The molecule has 1 aromatic carbocycles. The summed E-state index contributed by atoms with van der Waals surface area (Å²) in [5.74, 6) is -6.47. The maximum Gasteiger partial charge on any atom is 0.340 e. The summed E-state index contributed by atoms with van der Waals surface area (Å²) < 4.78 is 23.3. The van der Waals surface area contributed by atoms with Gasteiger partial charge in [-0.3, -0.25) is 19.4 Å². The number of ether oxygens (including phenoxy) is 4. The topological polar surface area (TPSA) is 176 Å². The number of aliphatic hydroxyl groups is 2. The zero-order valence-electron chi connectivity index (χ0n) is 28.5. The second-order valence-electron chi connectivity index (χ2n) is 13.6. The molecule has 1 saturated carbocycles. The van der Waals surface area contributed by atoms with E-state index in [0.29, 0.717) is 0 Å². The standard InChI is InChI=1S/C37H43NO11/c1-21-15-16-35(5,6)31(48-34(43)26-14-11-17-38-19-26)27(46-23(3)39)18-22(2)29(47-24(4)40)28-32(36(7,44)20-37(28,45)30(21)41)49-33(42)25-12-9-8-10-13-25/h8-17,19,21,27-29,31-32,44-45H,2,18,20H2,1,3-7H3/b16-15+/t21-,27+,28-,29-,31+,32+,36+,37+/m0/s1. The number of esters is 4. The minimum Gasteiger partial charge on any atom is -0.458 e. The predicted octanol–water partition coefficient (Wildman–Crippen LogP) is 3.95. The first-order valence-electron chi connectivity index (χ1n) is 15.9. The van der Waals surface area contributed by atoms with Crippen LogP contribution in [-0.4, -0.2) is 80.5 Å². The highest BCUT2D eigenvalue weighted by atomic mass is 16.6. The van der Waals surface area contributed by atoms with Crippen molar-refractivity contribution in [1.82, 2.24) is 4.98 Å². The smallest absolute Gasteiger partial charge is 0.340 e. The fourth-order valence-corrected chi connectivity index (χ4v) is 6.75. The Morgan fingerprint density at radius 2 is 1.45 bits per heavy atom. The van der Waals surface area contributed by atoms with Crippen LogP contribution in [0.1, 0.15) is 75.1 Å². The van der Waals surface area contributed by atoms with E-state index >= 15 is 0 Å². The lowest BCUT2D eigenvalue weighted by atomic mass is 9.73. The second-order valence-corrected chi connectivity index (χ2v) is 13.6. The van der Waals surface area contributed by atoms with Gasteiger partial charge in [0.2, 0.25) is 0 Å². The summed E-state index contributed by atoms with van der Waals surface area (Å²) in [6, 6.07) is 11.0. The Kier molecular flexibility index (Phi) is 10.9. The molecule has 2 N–H and O–H groups in total. The number of benzene rings is 1. The molecule has 4 rings (SSSR count). The average Bonchev–Trinajstić information content (AvgIpc) is 3.24. The van der Waals surface area contributed by atoms with E-state index in [1.54, 1.807) is 44.2 Å². The van der Waals surface area contributed by atoms with Gasteiger partial charge in [0.1, 0.15) is 35.6 Å². The Balaban J connectivity index is 1.89. The summed E-state index contributed by atoms with van der Waals surface area (Å²) in [7, 11) is 0. The van der Waals surface area contributed by atoms with Gasteiger partial charge in [-0.05, 0) is 36.8 Å². The van der Waals surface area contributed by atoms with Crippen LogP contribution in [0.5, 0.6) is 0 Å². The second kappa shape index (κ2) is 14.4. The molecule has 0 unspecified atom stereocenters. The van der Waals surface area contributed by atoms with Crippen LogP contribution in [-0.2, 0) is 33.3 Å². The predicted molar refractivity (Wildman–Crippen MR) is 175 cm³/mol. The lowest BCUT2D eigenvalue weighted by Crippen LogP contribution is -2.55. The number of nitrogens with zero attached hydrogens (tertiary/aromatic N) is 1. The van der Waals surface area contributed by atoms with Gasteiger partial charge in [-0.2, -0.15) is 0 Å². The van der Waals surface area contributed by atoms with E-state index in [4.69, 9.17) is 18.9 Å². The van der Waals surface area contributed by atoms with Crippen molar-refractivity contribution < 1.29 is 53.1 Å². The maximum atomic E-state index is 14.3. The molecule has 49 heavy (non-hydrogen) atoms. The molecule has 1 fully saturated rings. The zero-order chi connectivity index (χ0) is 36.3. The van der Waals surface area contributed by atoms with Crippen LogP contribution in [0.3, 0.4) is 0 Å². The van der Waals surface area contributed by atoms with E-state index in [-0.39, 0.29) is 23.1 Å². The van der Waals surface area contributed by atoms with Crippen LogP contribution in [0.15, 0.2) is 79.2 Å². The SMILES string of the molecule is C=C1C[C@@H](OC(C)=O)[C@@H](OC(=O)c2cccnc2)C(C)(C)/C=C/[C@H](C)C(=O)[C@@]2(O)C[C@@](C)(O)[C@H](OC(=O)c3ccccc3)[C@@H]2[C@H]1OC(C)=O. The zero-order valence-corrected chi connectivity index (χ0v) is 28.5. The minimum atomic E-state index is -2.40. The molecule has 2 aliphatic rings. The normalized spacial score (nSPS) is 32.0. The van der Waals surface area contributed by atoms with E-state index in [1.165, 1.54) is 57.4 Å². The summed E-state index contributed by atoms with van der Waals surface area (Å²) >= 11 is 0. The van der Waals surface area contributed by atoms with Crippen molar-refractivity contribution in [2.75, 3.05) is 0 Å². The lowest BCUT2D eigenvalue weighted by molar-refractivity contribution is -0.167. The third-order valence-electron chi connectivity index (χ3n) is 9.02. The number of hydrogen-bond donors (Lipinski definition) is 2. The van der Waals surface area contributed by atoms with Gasteiger partial charge in [-0.15, -0.1) is 0 Å². The van der Waals surface area contributed by atoms with Gasteiger partial charge < -0.3 is 29.2 Å². The minimum absolute atomic E-state index is 0.0339. The van der Waals surface area contributed by atoms with Crippen LogP contribution < -0.4 is 0 Å². The van der Waals surface area contributed by atoms with Crippen LogP contribution in [0.4, 0.5) is 0 Å². The van der Waals surface area contributed by atoms with Crippen molar-refractivity contribution in [3.8, 4) is 0 Å². The van der Waals surface area contributed by atoms with Gasteiger partial charge in [0.15, 0.2) is 5.78 Å². The molecule has 2 aliphatic carbocycles. The molecular formula is C37H43NO11. The van der Waals surface area contributed by atoms with Crippen molar-refractivity contribution in [2.24, 2.45) is 17.3 Å². The van der Waals surface area contributed by atoms with Gasteiger partial charge >= 0.3 is 23.9 Å². The number of pyridine rings is 1. The molecule has 1 aromatic heterocycles. The summed E-state index contributed by atoms with van der Waals surface area (Å²) in [6.45, 7) is 12.7. The summed E-state index contributed by atoms with van der Waals surface area (Å²) in [4.78, 5) is 70.1. The van der Waals surface area contributed by atoms with E-state index in [9.17, 15) is 34.2 Å². The fourth-order valence-electron chi connectivity index (χ4n) is 6.75. The van der Waals surface area contributed by atoms with Gasteiger partial charge in [0.25, 0.3) is 0 Å². The number of Topliss-reactive ketones (excluding diaryl/α,β-unsaturated/α-hetero) is 1. The molecule has 1 heterocycles. The van der Waals surface area contributed by atoms with Crippen molar-refractivity contribution in [3.05, 3.63) is 90.3 Å². The molecule has 0 radical (unpaired) electrons. The highest BCUT2D eigenvalue weighted by Gasteiger charge is 2.67. The Hall–Kier alpha value is -4.68. The number of carbonyl (C=O) groups excluding carboxylic acids is 5. The molecule has 12 nitrogen and oxygen atoms in total. The largest absolute Gasteiger partial charge is 0.458 e. The molecule has 0 amide bonds. The maximum absolute atomic E-state index is 14.3. The van der Waals surface area contributed by atoms with Crippen LogP contribution in [0, 0.1) is 17.3 Å². The average molecular weight is 678 g/mol. The molecule has 8 atom stereocenters. The molecule has 262 valence electrons. The highest BCUT2D eigenvalue weighted by molar-refractivity contribution is 5.93. The molecule has 0 aliphatic heterocycles. The van der Waals surface area contributed by atoms with Crippen molar-refractivity contribution in [2.45, 2.75) is 90.0 Å². The summed E-state index contributed by atoms with van der Waals surface area (Å²) in [5, 5.41) is 24.1. The number of aromatic nitrogens is 1. The lowest BCUT2D eigenvalue weighted by Gasteiger charge is -2.41. The van der Waals surface area contributed by atoms with Gasteiger partial charge in [-0.25, -0.2) is 9.59 Å². The first kappa shape index (κ1) is 37.1. The first-order valence-corrected chi connectivity index (χ1v) is 15.9. The molecule has 12 heteroatoms. The quantitative estimate of drug-likeness (QED) is 0.256. The van der Waals surface area contributed by atoms with Crippen LogP contribution >= 0.6 is 0 Å². The van der Waals surface area contributed by atoms with E-state index in [0.717, 1.165) is 6.92 Å². The molecule has 0 spiro atoms. The third kappa shape index (κ3) is 8.14. The van der Waals surface area contributed by atoms with E-state index in [1.807, 2.05) is 0 Å². The Bertz CT molecular complexity index is 1620. The van der Waals surface area contributed by atoms with Crippen molar-refractivity contribution in [1.29, 1.82) is 0 Å². The summed E-state index contributed by atoms with van der Waals surface area (Å²) in [6.07, 6.45) is -0.464. The number of rotatable bonds is 6. The van der Waals surface area contributed by atoms with Gasteiger partial charge in [-0.1, -0.05) is 57.7 Å². The number of fused-ring (bicyclic) bond motifs is 1. The number of ketones is 1. The number of allylic oxidation sites excluding steroid dienone is 1. The molecular weight excluding hydrogens is 634 g/mol.